The molecule has 0 unspecified atom stereocenters. The van der Waals surface area contributed by atoms with Gasteiger partial charge in [-0.05, 0) is 24.8 Å². The van der Waals surface area contributed by atoms with Gasteiger partial charge in [0.15, 0.2) is 0 Å². The van der Waals surface area contributed by atoms with E-state index in [2.05, 4.69) is 37.7 Å². The van der Waals surface area contributed by atoms with E-state index < -0.39 is 0 Å². The van der Waals surface area contributed by atoms with Gasteiger partial charge in [0.05, 0.1) is 17.2 Å². The van der Waals surface area contributed by atoms with E-state index >= 15 is 0 Å². The minimum atomic E-state index is 0.288. The van der Waals surface area contributed by atoms with E-state index in [1.807, 2.05) is 6.92 Å². The molecule has 0 aliphatic carbocycles. The van der Waals surface area contributed by atoms with E-state index in [-0.39, 0.29) is 5.91 Å². The fourth-order valence-electron chi connectivity index (χ4n) is 3.67. The molecule has 4 nitrogen and oxygen atoms in total. The quantitative estimate of drug-likeness (QED) is 0.863. The number of hydrogen-bond acceptors (Lipinski definition) is 5. The lowest BCUT2D eigenvalue weighted by molar-refractivity contribution is -0.129. The van der Waals surface area contributed by atoms with Gasteiger partial charge in [-0.15, -0.1) is 22.7 Å². The maximum absolute atomic E-state index is 12.4. The third-order valence-corrected chi connectivity index (χ3v) is 6.35. The van der Waals surface area contributed by atoms with E-state index in [1.165, 1.54) is 4.88 Å². The zero-order valence-corrected chi connectivity index (χ0v) is 14.2. The topological polar surface area (TPSA) is 36.4 Å². The van der Waals surface area contributed by atoms with Gasteiger partial charge in [-0.25, -0.2) is 4.98 Å². The average Bonchev–Trinajstić information content (AvgIpc) is 3.23. The first-order chi connectivity index (χ1) is 10.7. The molecule has 0 spiro atoms. The highest BCUT2D eigenvalue weighted by Gasteiger charge is 2.46. The molecule has 1 amide bonds. The van der Waals surface area contributed by atoms with E-state index in [9.17, 15) is 4.79 Å². The SMILES string of the molecule is Cc1nc(CN2C(=O)C[C@H]3[C@H]2CCN3Cc2cccs2)cs1. The molecule has 0 N–H and O–H groups in total. The summed E-state index contributed by atoms with van der Waals surface area (Å²) in [7, 11) is 0. The predicted octanol–water partition coefficient (Wildman–Crippen LogP) is 2.89. The number of carbonyl (C=O) groups is 1. The highest BCUT2D eigenvalue weighted by atomic mass is 32.1. The number of carbonyl (C=O) groups excluding carboxylic acids is 1. The number of nitrogens with zero attached hydrogens (tertiary/aromatic N) is 3. The summed E-state index contributed by atoms with van der Waals surface area (Å²) in [5.41, 5.74) is 1.04. The van der Waals surface area contributed by atoms with Gasteiger partial charge in [0.1, 0.15) is 0 Å². The Morgan fingerprint density at radius 1 is 1.32 bits per heavy atom. The standard InChI is InChI=1S/C16H19N3OS2/c1-11-17-12(10-22-11)8-19-14-4-5-18(15(14)7-16(19)20)9-13-3-2-6-21-13/h2-3,6,10,14-15H,4-5,7-9H2,1H3/t14-,15+/m1/s1. The number of amides is 1. The largest absolute Gasteiger partial charge is 0.332 e. The van der Waals surface area contributed by atoms with Gasteiger partial charge in [0.2, 0.25) is 5.91 Å². The Morgan fingerprint density at radius 2 is 2.23 bits per heavy atom. The molecule has 2 aromatic rings. The Balaban J connectivity index is 1.47. The lowest BCUT2D eigenvalue weighted by Gasteiger charge is -2.24. The van der Waals surface area contributed by atoms with Crippen LogP contribution in [0.3, 0.4) is 0 Å². The second-order valence-electron chi connectivity index (χ2n) is 6.06. The molecule has 6 heteroatoms. The van der Waals surface area contributed by atoms with Crippen LogP contribution in [-0.4, -0.2) is 39.3 Å². The van der Waals surface area contributed by atoms with Gasteiger partial charge in [-0.2, -0.15) is 0 Å². The molecule has 2 saturated heterocycles. The Labute approximate surface area is 138 Å². The third kappa shape index (κ3) is 2.59. The normalized spacial score (nSPS) is 25.1. The van der Waals surface area contributed by atoms with E-state index in [1.54, 1.807) is 22.7 Å². The molecular formula is C16H19N3OS2. The first-order valence-electron chi connectivity index (χ1n) is 7.67. The highest BCUT2D eigenvalue weighted by Crippen LogP contribution is 2.34. The van der Waals surface area contributed by atoms with Crippen molar-refractivity contribution < 1.29 is 4.79 Å². The summed E-state index contributed by atoms with van der Waals surface area (Å²) < 4.78 is 0. The number of aryl methyl sites for hydroxylation is 1. The zero-order valence-electron chi connectivity index (χ0n) is 12.6. The van der Waals surface area contributed by atoms with Crippen LogP contribution in [0.4, 0.5) is 0 Å². The lowest BCUT2D eigenvalue weighted by atomic mass is 10.1. The zero-order chi connectivity index (χ0) is 15.1. The van der Waals surface area contributed by atoms with Crippen molar-refractivity contribution in [2.45, 2.75) is 44.9 Å². The van der Waals surface area contributed by atoms with Crippen LogP contribution >= 0.6 is 22.7 Å². The number of fused-ring (bicyclic) bond motifs is 1. The van der Waals surface area contributed by atoms with Crippen molar-refractivity contribution in [3.05, 3.63) is 38.5 Å². The Hall–Kier alpha value is -1.24. The van der Waals surface area contributed by atoms with Crippen molar-refractivity contribution in [1.29, 1.82) is 0 Å². The summed E-state index contributed by atoms with van der Waals surface area (Å²) in [4.78, 5) is 22.9. The Kier molecular flexibility index (Phi) is 3.76. The van der Waals surface area contributed by atoms with Crippen molar-refractivity contribution in [3.8, 4) is 0 Å². The summed E-state index contributed by atoms with van der Waals surface area (Å²) in [5.74, 6) is 0.288. The Morgan fingerprint density at radius 3 is 2.95 bits per heavy atom. The third-order valence-electron chi connectivity index (χ3n) is 4.67. The smallest absolute Gasteiger partial charge is 0.224 e. The monoisotopic (exact) mass is 333 g/mol. The summed E-state index contributed by atoms with van der Waals surface area (Å²) in [6, 6.07) is 5.04. The number of likely N-dealkylation sites (tertiary alicyclic amines) is 2. The van der Waals surface area contributed by atoms with Crippen LogP contribution in [0.15, 0.2) is 22.9 Å². The van der Waals surface area contributed by atoms with Crippen molar-refractivity contribution >= 4 is 28.6 Å². The number of hydrogen-bond donors (Lipinski definition) is 0. The second-order valence-corrected chi connectivity index (χ2v) is 8.15. The van der Waals surface area contributed by atoms with Crippen molar-refractivity contribution in [3.63, 3.8) is 0 Å². The van der Waals surface area contributed by atoms with Crippen LogP contribution in [-0.2, 0) is 17.9 Å². The molecule has 0 aromatic carbocycles. The molecule has 22 heavy (non-hydrogen) atoms. The van der Waals surface area contributed by atoms with E-state index in [0.717, 1.165) is 30.2 Å². The molecule has 2 atom stereocenters. The Bertz CT molecular complexity index is 667. The van der Waals surface area contributed by atoms with Crippen LogP contribution in [0.2, 0.25) is 0 Å². The summed E-state index contributed by atoms with van der Waals surface area (Å²) >= 11 is 3.46. The molecule has 2 aliphatic rings. The molecule has 4 rings (SSSR count). The predicted molar refractivity (Wildman–Crippen MR) is 88.9 cm³/mol. The maximum Gasteiger partial charge on any atom is 0.224 e. The molecule has 0 bridgehead atoms. The van der Waals surface area contributed by atoms with Crippen molar-refractivity contribution in [2.24, 2.45) is 0 Å². The van der Waals surface area contributed by atoms with E-state index in [4.69, 9.17) is 0 Å². The second kappa shape index (κ2) is 5.76. The fourth-order valence-corrected chi connectivity index (χ4v) is 5.00. The minimum Gasteiger partial charge on any atom is -0.332 e. The molecule has 0 saturated carbocycles. The molecule has 0 radical (unpaired) electrons. The lowest BCUT2D eigenvalue weighted by Crippen LogP contribution is -2.36. The number of rotatable bonds is 4. The highest BCUT2D eigenvalue weighted by molar-refractivity contribution is 7.10. The van der Waals surface area contributed by atoms with Gasteiger partial charge in [0.25, 0.3) is 0 Å². The molecule has 2 fully saturated rings. The number of aromatic nitrogens is 1. The van der Waals surface area contributed by atoms with Gasteiger partial charge in [-0.1, -0.05) is 6.07 Å². The van der Waals surface area contributed by atoms with Crippen LogP contribution in [0.5, 0.6) is 0 Å². The van der Waals surface area contributed by atoms with Crippen molar-refractivity contribution in [2.75, 3.05) is 6.54 Å². The van der Waals surface area contributed by atoms with Crippen LogP contribution in [0.1, 0.15) is 28.4 Å². The molecular weight excluding hydrogens is 314 g/mol. The van der Waals surface area contributed by atoms with Gasteiger partial charge in [0, 0.05) is 41.9 Å². The molecule has 2 aromatic heterocycles. The number of thiophene rings is 1. The van der Waals surface area contributed by atoms with Gasteiger partial charge >= 0.3 is 0 Å². The fraction of sp³-hybridized carbons (Fsp3) is 0.500. The van der Waals surface area contributed by atoms with E-state index in [0.29, 0.717) is 25.0 Å². The summed E-state index contributed by atoms with van der Waals surface area (Å²) in [6.07, 6.45) is 1.75. The molecule has 4 heterocycles. The summed E-state index contributed by atoms with van der Waals surface area (Å²) in [5, 5.41) is 5.28. The molecule has 2 aliphatic heterocycles. The van der Waals surface area contributed by atoms with Crippen LogP contribution in [0.25, 0.3) is 0 Å². The minimum absolute atomic E-state index is 0.288. The van der Waals surface area contributed by atoms with Gasteiger partial charge < -0.3 is 4.90 Å². The summed E-state index contributed by atoms with van der Waals surface area (Å²) in [6.45, 7) is 4.77. The maximum atomic E-state index is 12.4. The first kappa shape index (κ1) is 14.4. The van der Waals surface area contributed by atoms with Crippen LogP contribution < -0.4 is 0 Å². The van der Waals surface area contributed by atoms with Crippen molar-refractivity contribution in [1.82, 2.24) is 14.8 Å². The number of thiazole rings is 1. The molecule has 116 valence electrons. The first-order valence-corrected chi connectivity index (χ1v) is 9.43. The van der Waals surface area contributed by atoms with Gasteiger partial charge in [-0.3, -0.25) is 9.69 Å². The average molecular weight is 333 g/mol. The van der Waals surface area contributed by atoms with Crippen LogP contribution in [0, 0.1) is 6.92 Å².